The first kappa shape index (κ1) is 14.5. The summed E-state index contributed by atoms with van der Waals surface area (Å²) >= 11 is 12.5. The molecule has 2 rings (SSSR count). The van der Waals surface area contributed by atoms with Crippen molar-refractivity contribution in [3.05, 3.63) is 70.8 Å². The average molecular weight is 303 g/mol. The molecular formula is C16H8Cl2O2. The van der Waals surface area contributed by atoms with Gasteiger partial charge in [-0.2, -0.15) is 0 Å². The molecule has 20 heavy (non-hydrogen) atoms. The van der Waals surface area contributed by atoms with Crippen LogP contribution >= 0.6 is 23.2 Å². The second-order valence-electron chi connectivity index (χ2n) is 3.99. The van der Waals surface area contributed by atoms with Gasteiger partial charge in [0.05, 0.1) is 10.1 Å². The largest absolute Gasteiger partial charge is 0.285 e. The van der Waals surface area contributed by atoms with E-state index in [1.54, 1.807) is 61.1 Å². The predicted molar refractivity (Wildman–Crippen MR) is 81.0 cm³/mol. The van der Waals surface area contributed by atoms with E-state index >= 15 is 0 Å². The Morgan fingerprint density at radius 2 is 0.950 bits per heavy atom. The fourth-order valence-corrected chi connectivity index (χ4v) is 2.09. The minimum atomic E-state index is 0.368. The fraction of sp³-hybridized carbons (Fsp3) is 0. The molecule has 0 unspecified atom stereocenters. The van der Waals surface area contributed by atoms with Crippen LogP contribution in [0.1, 0.15) is 22.3 Å². The van der Waals surface area contributed by atoms with Crippen molar-refractivity contribution in [3.8, 4) is 0 Å². The molecule has 2 radical (unpaired) electrons. The summed E-state index contributed by atoms with van der Waals surface area (Å²) in [6.45, 7) is 0. The zero-order valence-electron chi connectivity index (χ0n) is 10.2. The molecule has 0 amide bonds. The van der Waals surface area contributed by atoms with Gasteiger partial charge in [0.1, 0.15) is 0 Å². The highest BCUT2D eigenvalue weighted by atomic mass is 35.5. The summed E-state index contributed by atoms with van der Waals surface area (Å²) in [6.07, 6.45) is 3.58. The van der Waals surface area contributed by atoms with E-state index in [1.165, 1.54) is 0 Å². The molecule has 4 heteroatoms. The highest BCUT2D eigenvalue weighted by Crippen LogP contribution is 2.32. The maximum atomic E-state index is 10.5. The number of rotatable bonds is 4. The molecule has 0 aliphatic rings. The molecule has 2 aromatic rings. The van der Waals surface area contributed by atoms with Crippen molar-refractivity contribution >= 4 is 45.8 Å². The van der Waals surface area contributed by atoms with Crippen LogP contribution in [-0.4, -0.2) is 12.6 Å². The van der Waals surface area contributed by atoms with Crippen LogP contribution in [0.5, 0.6) is 0 Å². The van der Waals surface area contributed by atoms with Gasteiger partial charge in [-0.25, -0.2) is 0 Å². The summed E-state index contributed by atoms with van der Waals surface area (Å²) in [5.74, 6) is 0. The van der Waals surface area contributed by atoms with E-state index in [-0.39, 0.29) is 0 Å². The maximum absolute atomic E-state index is 10.5. The molecule has 0 heterocycles. The van der Waals surface area contributed by atoms with Crippen LogP contribution in [0.4, 0.5) is 0 Å². The van der Waals surface area contributed by atoms with Crippen molar-refractivity contribution in [1.29, 1.82) is 0 Å². The molecule has 0 saturated heterocycles. The Balaban J connectivity index is 2.37. The fourth-order valence-electron chi connectivity index (χ4n) is 1.62. The number of hydrogen-bond acceptors (Lipinski definition) is 2. The first-order valence-corrected chi connectivity index (χ1v) is 6.43. The van der Waals surface area contributed by atoms with Crippen molar-refractivity contribution < 1.29 is 9.59 Å². The van der Waals surface area contributed by atoms with Gasteiger partial charge in [-0.3, -0.25) is 9.59 Å². The molecule has 0 atom stereocenters. The molecule has 2 nitrogen and oxygen atoms in total. The standard InChI is InChI=1S/C16H8Cl2O2/c17-15(13-5-1-11(9-19)2-6-13)16(18)14-7-3-12(10-20)4-8-14/h1-8H. The number of halogens is 2. The van der Waals surface area contributed by atoms with Crippen molar-refractivity contribution in [3.63, 3.8) is 0 Å². The average Bonchev–Trinajstić information content (AvgIpc) is 2.53. The van der Waals surface area contributed by atoms with Crippen LogP contribution in [0.3, 0.4) is 0 Å². The lowest BCUT2D eigenvalue weighted by Gasteiger charge is -2.05. The Kier molecular flexibility index (Phi) is 4.72. The van der Waals surface area contributed by atoms with Crippen molar-refractivity contribution in [1.82, 2.24) is 0 Å². The van der Waals surface area contributed by atoms with E-state index in [1.807, 2.05) is 0 Å². The van der Waals surface area contributed by atoms with Gasteiger partial charge in [0, 0.05) is 11.1 Å². The molecule has 0 aromatic heterocycles. The molecule has 98 valence electrons. The lowest BCUT2D eigenvalue weighted by atomic mass is 10.1. The quantitative estimate of drug-likeness (QED) is 0.803. The van der Waals surface area contributed by atoms with Crippen LogP contribution in [-0.2, 0) is 9.59 Å². The van der Waals surface area contributed by atoms with Crippen LogP contribution < -0.4 is 0 Å². The lowest BCUT2D eigenvalue weighted by molar-refractivity contribution is 0.562. The summed E-state index contributed by atoms with van der Waals surface area (Å²) in [5.41, 5.74) is 2.28. The van der Waals surface area contributed by atoms with E-state index in [9.17, 15) is 9.59 Å². The Bertz CT molecular complexity index is 596. The second kappa shape index (κ2) is 6.51. The second-order valence-corrected chi connectivity index (χ2v) is 4.74. The smallest absolute Gasteiger partial charge is 0.233 e. The third-order valence-corrected chi connectivity index (χ3v) is 3.62. The summed E-state index contributed by atoms with van der Waals surface area (Å²) in [6, 6.07) is 13.2. The molecular weight excluding hydrogens is 295 g/mol. The van der Waals surface area contributed by atoms with E-state index in [2.05, 4.69) is 0 Å². The Hall–Kier alpha value is -1.90. The van der Waals surface area contributed by atoms with Crippen LogP contribution in [0.25, 0.3) is 10.1 Å². The van der Waals surface area contributed by atoms with E-state index < -0.39 is 0 Å². The third kappa shape index (κ3) is 3.16. The van der Waals surface area contributed by atoms with E-state index in [0.29, 0.717) is 32.3 Å². The summed E-state index contributed by atoms with van der Waals surface area (Å²) < 4.78 is 0. The summed E-state index contributed by atoms with van der Waals surface area (Å²) in [7, 11) is 0. The maximum Gasteiger partial charge on any atom is 0.233 e. The van der Waals surface area contributed by atoms with Gasteiger partial charge in [0.25, 0.3) is 0 Å². The van der Waals surface area contributed by atoms with Gasteiger partial charge in [0.2, 0.25) is 12.6 Å². The molecule has 0 fully saturated rings. The van der Waals surface area contributed by atoms with Crippen LogP contribution in [0, 0.1) is 0 Å². The monoisotopic (exact) mass is 302 g/mol. The Morgan fingerprint density at radius 1 is 0.650 bits per heavy atom. The predicted octanol–water partition coefficient (Wildman–Crippen LogP) is 3.91. The van der Waals surface area contributed by atoms with Gasteiger partial charge in [0.15, 0.2) is 0 Å². The summed E-state index contributed by atoms with van der Waals surface area (Å²) in [5, 5.41) is 0.735. The lowest BCUT2D eigenvalue weighted by Crippen LogP contribution is -1.86. The molecule has 0 N–H and O–H groups in total. The minimum absolute atomic E-state index is 0.368. The minimum Gasteiger partial charge on any atom is -0.285 e. The normalized spacial score (nSPS) is 11.7. The molecule has 2 aromatic carbocycles. The first-order valence-electron chi connectivity index (χ1n) is 5.68. The Morgan fingerprint density at radius 3 is 1.20 bits per heavy atom. The summed E-state index contributed by atoms with van der Waals surface area (Å²) in [4.78, 5) is 21.0. The van der Waals surface area contributed by atoms with Crippen LogP contribution in [0.2, 0.25) is 0 Å². The van der Waals surface area contributed by atoms with Crippen LogP contribution in [0.15, 0.2) is 48.5 Å². The zero-order chi connectivity index (χ0) is 14.5. The number of benzene rings is 2. The molecule has 0 aliphatic heterocycles. The van der Waals surface area contributed by atoms with Crippen molar-refractivity contribution in [2.45, 2.75) is 0 Å². The molecule has 0 spiro atoms. The van der Waals surface area contributed by atoms with Gasteiger partial charge in [-0.15, -0.1) is 0 Å². The molecule has 0 aliphatic carbocycles. The highest BCUT2D eigenvalue weighted by molar-refractivity contribution is 6.65. The van der Waals surface area contributed by atoms with E-state index in [4.69, 9.17) is 23.2 Å². The van der Waals surface area contributed by atoms with Gasteiger partial charge < -0.3 is 0 Å². The SMILES string of the molecule is O=[C]c1ccc(C(Cl)=C(Cl)c2ccc([C]=O)cc2)cc1. The third-order valence-electron chi connectivity index (χ3n) is 2.71. The van der Waals surface area contributed by atoms with Crippen molar-refractivity contribution in [2.24, 2.45) is 0 Å². The molecule has 0 bridgehead atoms. The Labute approximate surface area is 126 Å². The zero-order valence-corrected chi connectivity index (χ0v) is 11.7. The topological polar surface area (TPSA) is 34.1 Å². The molecule has 0 saturated carbocycles. The number of hydrogen-bond donors (Lipinski definition) is 0. The van der Waals surface area contributed by atoms with Gasteiger partial charge >= 0.3 is 0 Å². The van der Waals surface area contributed by atoms with Gasteiger partial charge in [-0.05, 0) is 11.1 Å². The van der Waals surface area contributed by atoms with Gasteiger partial charge in [-0.1, -0.05) is 71.7 Å². The highest BCUT2D eigenvalue weighted by Gasteiger charge is 2.08. The van der Waals surface area contributed by atoms with E-state index in [0.717, 1.165) is 0 Å². The first-order chi connectivity index (χ1) is 9.65. The number of carbonyl (C=O) groups excluding carboxylic acids is 2. The van der Waals surface area contributed by atoms with Crippen molar-refractivity contribution in [2.75, 3.05) is 0 Å².